The van der Waals surface area contributed by atoms with Gasteiger partial charge in [-0.15, -0.1) is 17.8 Å². The number of nitrogens with zero attached hydrogens (tertiary/aromatic N) is 3. The Morgan fingerprint density at radius 3 is 2.70 bits per heavy atom. The van der Waals surface area contributed by atoms with E-state index in [0.717, 1.165) is 27.3 Å². The van der Waals surface area contributed by atoms with Crippen molar-refractivity contribution in [1.29, 1.82) is 0 Å². The number of anilines is 1. The standard InChI is InChI=1S/C29H21F2N5O2S2/c1-3-18-6-5-17(11-20(18)30)12-27(37)35-29(39)34-19-7-8-24(21(31)13-19)38-25-9-10-32-22-14-26(40-28(22)25)23-15-36(4-2)16-33-23/h1,5-11,13-16H,4,12H2,2H3,(H2,34,35,37,39). The van der Waals surface area contributed by atoms with Gasteiger partial charge in [0.2, 0.25) is 5.91 Å². The first-order valence-electron chi connectivity index (χ1n) is 12.1. The van der Waals surface area contributed by atoms with E-state index in [9.17, 15) is 13.6 Å². The van der Waals surface area contributed by atoms with Gasteiger partial charge in [0.05, 0.1) is 39.1 Å². The van der Waals surface area contributed by atoms with Crippen LogP contribution in [0.3, 0.4) is 0 Å². The Morgan fingerprint density at radius 1 is 1.12 bits per heavy atom. The third-order valence-electron chi connectivity index (χ3n) is 5.84. The topological polar surface area (TPSA) is 81.1 Å². The number of carbonyl (C=O) groups is 1. The summed E-state index contributed by atoms with van der Waals surface area (Å²) in [7, 11) is 0. The molecule has 0 atom stereocenters. The maximum Gasteiger partial charge on any atom is 0.230 e. The van der Waals surface area contributed by atoms with Crippen molar-refractivity contribution in [2.45, 2.75) is 19.9 Å². The second-order valence-corrected chi connectivity index (χ2v) is 10.1. The van der Waals surface area contributed by atoms with Crippen LogP contribution in [0.25, 0.3) is 20.8 Å². The second kappa shape index (κ2) is 11.6. The molecule has 7 nitrogen and oxygen atoms in total. The first kappa shape index (κ1) is 26.9. The number of benzene rings is 2. The lowest BCUT2D eigenvalue weighted by molar-refractivity contribution is -0.119. The quantitative estimate of drug-likeness (QED) is 0.176. The fourth-order valence-electron chi connectivity index (χ4n) is 3.87. The molecule has 40 heavy (non-hydrogen) atoms. The molecule has 1 amide bonds. The van der Waals surface area contributed by atoms with Gasteiger partial charge in [0, 0.05) is 36.8 Å². The van der Waals surface area contributed by atoms with Gasteiger partial charge in [-0.05, 0) is 55.0 Å². The lowest BCUT2D eigenvalue weighted by Gasteiger charge is -2.12. The van der Waals surface area contributed by atoms with Crippen molar-refractivity contribution in [3.63, 3.8) is 0 Å². The third-order valence-corrected chi connectivity index (χ3v) is 7.21. The highest BCUT2D eigenvalue weighted by atomic mass is 32.1. The number of terminal acetylenes is 1. The number of aryl methyl sites for hydroxylation is 1. The molecule has 0 aliphatic rings. The molecule has 0 fully saturated rings. The molecule has 3 heterocycles. The van der Waals surface area contributed by atoms with Gasteiger partial charge in [-0.2, -0.15) is 0 Å². The van der Waals surface area contributed by atoms with Gasteiger partial charge in [0.25, 0.3) is 0 Å². The van der Waals surface area contributed by atoms with Crippen LogP contribution in [0.1, 0.15) is 18.1 Å². The number of imidazole rings is 1. The molecule has 11 heteroatoms. The van der Waals surface area contributed by atoms with Crippen LogP contribution in [0.4, 0.5) is 14.5 Å². The average Bonchev–Trinajstić information content (AvgIpc) is 3.58. The van der Waals surface area contributed by atoms with Gasteiger partial charge < -0.3 is 19.9 Å². The number of halogens is 2. The molecule has 0 saturated carbocycles. The van der Waals surface area contributed by atoms with Gasteiger partial charge in [0.1, 0.15) is 11.6 Å². The van der Waals surface area contributed by atoms with Crippen LogP contribution in [-0.2, 0) is 17.8 Å². The maximum absolute atomic E-state index is 15.0. The van der Waals surface area contributed by atoms with Gasteiger partial charge >= 0.3 is 0 Å². The minimum atomic E-state index is -0.633. The number of pyridine rings is 1. The Hall–Kier alpha value is -4.66. The molecule has 200 valence electrons. The molecule has 0 unspecified atom stereocenters. The number of thiophene rings is 1. The fourth-order valence-corrected chi connectivity index (χ4v) is 5.12. The lowest BCUT2D eigenvalue weighted by Crippen LogP contribution is -2.35. The SMILES string of the molecule is C#Cc1ccc(CC(=O)NC(=S)Nc2ccc(Oc3ccnc4cc(-c5cn(CC)cn5)sc34)c(F)c2)cc1F. The average molecular weight is 574 g/mol. The van der Waals surface area contributed by atoms with Gasteiger partial charge in [-0.3, -0.25) is 9.78 Å². The van der Waals surface area contributed by atoms with Crippen LogP contribution in [0.5, 0.6) is 11.5 Å². The minimum absolute atomic E-state index is 0.00987. The molecule has 0 saturated heterocycles. The summed E-state index contributed by atoms with van der Waals surface area (Å²) in [6, 6.07) is 12.0. The molecule has 2 aromatic carbocycles. The Balaban J connectivity index is 1.24. The number of fused-ring (bicyclic) bond motifs is 1. The van der Waals surface area contributed by atoms with Crippen molar-refractivity contribution in [2.75, 3.05) is 5.32 Å². The smallest absolute Gasteiger partial charge is 0.230 e. The van der Waals surface area contributed by atoms with E-state index in [-0.39, 0.29) is 22.8 Å². The molecule has 0 aliphatic heterocycles. The van der Waals surface area contributed by atoms with Crippen LogP contribution in [0, 0.1) is 24.0 Å². The van der Waals surface area contributed by atoms with Crippen molar-refractivity contribution in [1.82, 2.24) is 19.9 Å². The summed E-state index contributed by atoms with van der Waals surface area (Å²) in [6.07, 6.45) is 10.4. The van der Waals surface area contributed by atoms with Gasteiger partial charge in [-0.25, -0.2) is 13.8 Å². The summed E-state index contributed by atoms with van der Waals surface area (Å²) < 4.78 is 37.5. The summed E-state index contributed by atoms with van der Waals surface area (Å²) >= 11 is 6.63. The molecule has 5 aromatic rings. The number of ether oxygens (including phenoxy) is 1. The number of aromatic nitrogens is 3. The molecule has 0 aliphatic carbocycles. The van der Waals surface area contributed by atoms with Crippen molar-refractivity contribution in [3.05, 3.63) is 90.0 Å². The highest BCUT2D eigenvalue weighted by Crippen LogP contribution is 2.39. The highest BCUT2D eigenvalue weighted by molar-refractivity contribution is 7.80. The first-order chi connectivity index (χ1) is 19.3. The number of nitrogens with one attached hydrogen (secondary N) is 2. The Labute approximate surface area is 237 Å². The summed E-state index contributed by atoms with van der Waals surface area (Å²) in [5.74, 6) is 1.01. The number of hydrogen-bond acceptors (Lipinski definition) is 6. The Bertz CT molecular complexity index is 1790. The number of carbonyl (C=O) groups excluding carboxylic acids is 1. The van der Waals surface area contributed by atoms with E-state index in [0.29, 0.717) is 17.0 Å². The largest absolute Gasteiger partial charge is 0.453 e. The van der Waals surface area contributed by atoms with Gasteiger partial charge in [-0.1, -0.05) is 12.0 Å². The fraction of sp³-hybridized carbons (Fsp3) is 0.103. The van der Waals surface area contributed by atoms with Crippen LogP contribution in [0.2, 0.25) is 0 Å². The molecule has 0 spiro atoms. The molecule has 3 aromatic heterocycles. The Morgan fingerprint density at radius 2 is 1.98 bits per heavy atom. The van der Waals surface area contributed by atoms with E-state index in [4.69, 9.17) is 23.4 Å². The van der Waals surface area contributed by atoms with Crippen LogP contribution >= 0.6 is 23.6 Å². The summed E-state index contributed by atoms with van der Waals surface area (Å²) in [5.41, 5.74) is 2.41. The van der Waals surface area contributed by atoms with Crippen LogP contribution in [0.15, 0.2) is 67.3 Å². The molecule has 2 N–H and O–H groups in total. The van der Waals surface area contributed by atoms with Crippen LogP contribution in [-0.4, -0.2) is 25.6 Å². The normalized spacial score (nSPS) is 10.8. The van der Waals surface area contributed by atoms with Crippen molar-refractivity contribution in [3.8, 4) is 34.4 Å². The number of rotatable bonds is 7. The molecule has 0 radical (unpaired) electrons. The monoisotopic (exact) mass is 573 g/mol. The zero-order chi connectivity index (χ0) is 28.2. The summed E-state index contributed by atoms with van der Waals surface area (Å²) in [5, 5.41) is 5.22. The van der Waals surface area contributed by atoms with E-state index in [1.807, 2.05) is 23.8 Å². The number of thiocarbonyl (C=S) groups is 1. The lowest BCUT2D eigenvalue weighted by atomic mass is 10.1. The van der Waals surface area contributed by atoms with E-state index < -0.39 is 17.5 Å². The van der Waals surface area contributed by atoms with E-state index >= 15 is 0 Å². The maximum atomic E-state index is 15.0. The zero-order valence-electron chi connectivity index (χ0n) is 21.1. The Kier molecular flexibility index (Phi) is 7.82. The van der Waals surface area contributed by atoms with E-state index in [1.54, 1.807) is 30.7 Å². The van der Waals surface area contributed by atoms with Crippen molar-refractivity contribution < 1.29 is 18.3 Å². The summed E-state index contributed by atoms with van der Waals surface area (Å²) in [4.78, 5) is 22.1. The number of hydrogen-bond donors (Lipinski definition) is 2. The highest BCUT2D eigenvalue weighted by Gasteiger charge is 2.15. The molecule has 5 rings (SSSR count). The van der Waals surface area contributed by atoms with Crippen molar-refractivity contribution in [2.24, 2.45) is 0 Å². The van der Waals surface area contributed by atoms with E-state index in [2.05, 4.69) is 26.5 Å². The number of amides is 1. The predicted octanol–water partition coefficient (Wildman–Crippen LogP) is 6.29. The minimum Gasteiger partial charge on any atom is -0.453 e. The molecular formula is C29H21F2N5O2S2. The predicted molar refractivity (Wildman–Crippen MR) is 155 cm³/mol. The van der Waals surface area contributed by atoms with Crippen molar-refractivity contribution >= 4 is 50.5 Å². The molecular weight excluding hydrogens is 552 g/mol. The first-order valence-corrected chi connectivity index (χ1v) is 13.3. The third kappa shape index (κ3) is 5.98. The molecule has 0 bridgehead atoms. The zero-order valence-corrected chi connectivity index (χ0v) is 22.7. The van der Waals surface area contributed by atoms with E-state index in [1.165, 1.54) is 35.6 Å². The van der Waals surface area contributed by atoms with Crippen LogP contribution < -0.4 is 15.4 Å². The van der Waals surface area contributed by atoms with Gasteiger partial charge in [0.15, 0.2) is 16.7 Å². The summed E-state index contributed by atoms with van der Waals surface area (Å²) in [6.45, 7) is 2.85. The second-order valence-electron chi connectivity index (χ2n) is 8.61.